The molecule has 0 unspecified atom stereocenters. The molecule has 1 fully saturated rings. The Labute approximate surface area is 213 Å². The number of pyridine rings is 1. The Morgan fingerprint density at radius 3 is 2.41 bits per heavy atom. The first-order valence-electron chi connectivity index (χ1n) is 11.8. The Kier molecular flexibility index (Phi) is 6.59. The zero-order valence-corrected chi connectivity index (χ0v) is 20.3. The highest BCUT2D eigenvalue weighted by molar-refractivity contribution is 6.03. The van der Waals surface area contributed by atoms with Crippen LogP contribution in [0.3, 0.4) is 0 Å². The van der Waals surface area contributed by atoms with E-state index in [4.69, 9.17) is 9.47 Å². The summed E-state index contributed by atoms with van der Waals surface area (Å²) < 4.78 is 24.7. The molecule has 4 aromatic rings. The van der Waals surface area contributed by atoms with Crippen LogP contribution in [-0.2, 0) is 0 Å². The number of carbonyl (C=O) groups excluding carboxylic acids is 2. The van der Waals surface area contributed by atoms with Crippen molar-refractivity contribution in [2.75, 3.05) is 24.4 Å². The Morgan fingerprint density at radius 1 is 1.00 bits per heavy atom. The number of nitrogens with one attached hydrogen (secondary N) is 2. The van der Waals surface area contributed by atoms with E-state index in [1.807, 2.05) is 0 Å². The highest BCUT2D eigenvalue weighted by atomic mass is 19.1. The van der Waals surface area contributed by atoms with E-state index in [9.17, 15) is 14.0 Å². The van der Waals surface area contributed by atoms with Gasteiger partial charge in [-0.25, -0.2) is 9.18 Å². The molecule has 1 aliphatic rings. The number of amides is 3. The number of hydrogen-bond donors (Lipinski definition) is 2. The summed E-state index contributed by atoms with van der Waals surface area (Å²) in [6, 6.07) is 17.6. The first-order valence-corrected chi connectivity index (χ1v) is 11.8. The molecule has 37 heavy (non-hydrogen) atoms. The lowest BCUT2D eigenvalue weighted by Crippen LogP contribution is -2.31. The maximum atomic E-state index is 13.1. The van der Waals surface area contributed by atoms with Gasteiger partial charge in [0.15, 0.2) is 0 Å². The van der Waals surface area contributed by atoms with E-state index in [1.54, 1.807) is 55.7 Å². The van der Waals surface area contributed by atoms with Gasteiger partial charge in [0.05, 0.1) is 18.2 Å². The number of aromatic nitrogens is 1. The van der Waals surface area contributed by atoms with Crippen LogP contribution in [0.1, 0.15) is 23.2 Å². The first-order chi connectivity index (χ1) is 17.9. The summed E-state index contributed by atoms with van der Waals surface area (Å²) in [4.78, 5) is 31.2. The molecule has 0 radical (unpaired) electrons. The number of benzene rings is 3. The number of anilines is 2. The predicted molar refractivity (Wildman–Crippen MR) is 139 cm³/mol. The van der Waals surface area contributed by atoms with E-state index in [1.165, 1.54) is 36.3 Å². The van der Waals surface area contributed by atoms with Gasteiger partial charge in [-0.15, -0.1) is 0 Å². The highest BCUT2D eigenvalue weighted by Gasteiger charge is 2.26. The maximum absolute atomic E-state index is 13.1. The van der Waals surface area contributed by atoms with Crippen LogP contribution in [0.15, 0.2) is 72.9 Å². The van der Waals surface area contributed by atoms with Gasteiger partial charge in [0.1, 0.15) is 23.1 Å². The van der Waals surface area contributed by atoms with Crippen molar-refractivity contribution in [3.8, 4) is 17.2 Å². The van der Waals surface area contributed by atoms with Crippen molar-refractivity contribution in [1.29, 1.82) is 0 Å². The summed E-state index contributed by atoms with van der Waals surface area (Å²) in [6.45, 7) is 0. The van der Waals surface area contributed by atoms with E-state index < -0.39 is 0 Å². The van der Waals surface area contributed by atoms with E-state index >= 15 is 0 Å². The molecule has 9 heteroatoms. The molecule has 0 bridgehead atoms. The van der Waals surface area contributed by atoms with Crippen molar-refractivity contribution < 1.29 is 23.5 Å². The zero-order valence-electron chi connectivity index (χ0n) is 20.3. The third-order valence-corrected chi connectivity index (χ3v) is 6.03. The van der Waals surface area contributed by atoms with Crippen LogP contribution in [0.4, 0.5) is 20.6 Å². The van der Waals surface area contributed by atoms with Gasteiger partial charge in [-0.2, -0.15) is 0 Å². The number of rotatable bonds is 7. The molecule has 0 atom stereocenters. The van der Waals surface area contributed by atoms with Gasteiger partial charge in [0, 0.05) is 42.1 Å². The minimum atomic E-state index is -0.374. The summed E-state index contributed by atoms with van der Waals surface area (Å²) in [5.41, 5.74) is 2.18. The molecular formula is C28H25FN4O4. The van der Waals surface area contributed by atoms with Crippen molar-refractivity contribution in [3.05, 3.63) is 84.3 Å². The van der Waals surface area contributed by atoms with Crippen molar-refractivity contribution in [3.63, 3.8) is 0 Å². The summed E-state index contributed by atoms with van der Waals surface area (Å²) in [7, 11) is 3.15. The zero-order chi connectivity index (χ0) is 25.9. The SMILES string of the molecule is COc1cc2nccc(Oc3ccc(N(C)C(=O)Nc4ccc(F)cc4)cc3)c2cc1C(=O)NC1CC1. The van der Waals surface area contributed by atoms with Crippen molar-refractivity contribution >= 4 is 34.2 Å². The van der Waals surface area contributed by atoms with E-state index in [0.717, 1.165) is 12.8 Å². The monoisotopic (exact) mass is 500 g/mol. The molecule has 1 heterocycles. The molecule has 3 aromatic carbocycles. The second-order valence-corrected chi connectivity index (χ2v) is 8.72. The smallest absolute Gasteiger partial charge is 0.326 e. The number of hydrogen-bond acceptors (Lipinski definition) is 5. The predicted octanol–water partition coefficient (Wildman–Crippen LogP) is 5.74. The van der Waals surface area contributed by atoms with Crippen LogP contribution in [-0.4, -0.2) is 37.1 Å². The average Bonchev–Trinajstić information content (AvgIpc) is 3.73. The Bertz CT molecular complexity index is 1450. The van der Waals surface area contributed by atoms with Crippen molar-refractivity contribution in [1.82, 2.24) is 10.3 Å². The fourth-order valence-corrected chi connectivity index (χ4v) is 3.80. The van der Waals surface area contributed by atoms with E-state index in [-0.39, 0.29) is 23.8 Å². The van der Waals surface area contributed by atoms with Crippen LogP contribution in [0.5, 0.6) is 17.2 Å². The standard InChI is InChI=1S/C28H25FN4O4/c1-33(28(35)32-19-5-3-17(29)4-6-19)20-9-11-21(12-10-20)37-25-13-14-30-24-16-26(36-2)23(15-22(24)25)27(34)31-18-7-8-18/h3-6,9-16,18H,7-8H2,1-2H3,(H,31,34)(H,32,35). The molecular weight excluding hydrogens is 475 g/mol. The summed E-state index contributed by atoms with van der Waals surface area (Å²) in [5, 5.41) is 6.38. The number of methoxy groups -OCH3 is 1. The molecule has 3 amide bonds. The van der Waals surface area contributed by atoms with Crippen molar-refractivity contribution in [2.24, 2.45) is 0 Å². The van der Waals surface area contributed by atoms with Gasteiger partial charge in [0.2, 0.25) is 0 Å². The molecule has 1 aliphatic carbocycles. The molecule has 1 saturated carbocycles. The Hall–Kier alpha value is -4.66. The van der Waals surface area contributed by atoms with E-state index in [0.29, 0.717) is 45.1 Å². The summed E-state index contributed by atoms with van der Waals surface area (Å²) >= 11 is 0. The molecule has 1 aromatic heterocycles. The lowest BCUT2D eigenvalue weighted by atomic mass is 10.1. The number of carbonyl (C=O) groups is 2. The van der Waals surface area contributed by atoms with E-state index in [2.05, 4.69) is 15.6 Å². The third-order valence-electron chi connectivity index (χ3n) is 6.03. The van der Waals surface area contributed by atoms with Crippen molar-refractivity contribution in [2.45, 2.75) is 18.9 Å². The first kappa shape index (κ1) is 24.1. The van der Waals surface area contributed by atoms with Gasteiger partial charge >= 0.3 is 6.03 Å². The minimum Gasteiger partial charge on any atom is -0.496 e. The molecule has 0 spiro atoms. The number of halogens is 1. The van der Waals surface area contributed by atoms with Gasteiger partial charge in [-0.1, -0.05) is 0 Å². The molecule has 5 rings (SSSR count). The number of fused-ring (bicyclic) bond motifs is 1. The van der Waals surface area contributed by atoms with Crippen LogP contribution in [0.2, 0.25) is 0 Å². The molecule has 8 nitrogen and oxygen atoms in total. The van der Waals surface area contributed by atoms with Gasteiger partial charge < -0.3 is 20.1 Å². The fourth-order valence-electron chi connectivity index (χ4n) is 3.80. The van der Waals surface area contributed by atoms with Gasteiger partial charge in [-0.3, -0.25) is 14.7 Å². The second-order valence-electron chi connectivity index (χ2n) is 8.72. The maximum Gasteiger partial charge on any atom is 0.326 e. The lowest BCUT2D eigenvalue weighted by molar-refractivity contribution is 0.0948. The molecule has 188 valence electrons. The Morgan fingerprint density at radius 2 is 1.73 bits per heavy atom. The third kappa shape index (κ3) is 5.45. The molecule has 0 aliphatic heterocycles. The minimum absolute atomic E-state index is 0.192. The number of ether oxygens (including phenoxy) is 2. The van der Waals surface area contributed by atoms with Crippen LogP contribution in [0, 0.1) is 5.82 Å². The van der Waals surface area contributed by atoms with Crippen LogP contribution >= 0.6 is 0 Å². The van der Waals surface area contributed by atoms with Crippen LogP contribution < -0.4 is 25.0 Å². The average molecular weight is 501 g/mol. The molecule has 2 N–H and O–H groups in total. The number of nitrogens with zero attached hydrogens (tertiary/aromatic N) is 2. The lowest BCUT2D eigenvalue weighted by Gasteiger charge is -2.18. The summed E-state index contributed by atoms with van der Waals surface area (Å²) in [6.07, 6.45) is 3.59. The summed E-state index contributed by atoms with van der Waals surface area (Å²) in [5.74, 6) is 0.955. The van der Waals surface area contributed by atoms with Crippen LogP contribution in [0.25, 0.3) is 10.9 Å². The largest absolute Gasteiger partial charge is 0.496 e. The molecule has 0 saturated heterocycles. The number of urea groups is 1. The normalized spacial score (nSPS) is 12.6. The van der Waals surface area contributed by atoms with Gasteiger partial charge in [-0.05, 0) is 73.5 Å². The second kappa shape index (κ2) is 10.1. The quantitative estimate of drug-likeness (QED) is 0.338. The highest BCUT2D eigenvalue weighted by Crippen LogP contribution is 2.34. The fraction of sp³-hybridized carbons (Fsp3) is 0.179. The topological polar surface area (TPSA) is 92.8 Å². The van der Waals surface area contributed by atoms with Gasteiger partial charge in [0.25, 0.3) is 5.91 Å². The Balaban J connectivity index is 1.34.